The van der Waals surface area contributed by atoms with Crippen LogP contribution in [0.5, 0.6) is 0 Å². The molecule has 19 heavy (non-hydrogen) atoms. The van der Waals surface area contributed by atoms with Crippen LogP contribution in [0.3, 0.4) is 0 Å². The van der Waals surface area contributed by atoms with Crippen molar-refractivity contribution in [3.05, 3.63) is 47.5 Å². The molecule has 0 amide bonds. The van der Waals surface area contributed by atoms with Gasteiger partial charge in [-0.1, -0.05) is 49.3 Å². The van der Waals surface area contributed by atoms with E-state index in [-0.39, 0.29) is 5.92 Å². The van der Waals surface area contributed by atoms with Gasteiger partial charge in [0, 0.05) is 31.1 Å². The largest absolute Gasteiger partial charge is 0.294 e. The van der Waals surface area contributed by atoms with Gasteiger partial charge >= 0.3 is 0 Å². The maximum Gasteiger partial charge on any atom is 0.165 e. The van der Waals surface area contributed by atoms with Crippen LogP contribution in [-0.4, -0.2) is 23.8 Å². The summed E-state index contributed by atoms with van der Waals surface area (Å²) in [6.45, 7) is 3.07. The molecule has 0 N–H and O–H groups in total. The highest BCUT2D eigenvalue weighted by molar-refractivity contribution is 5.98. The molecule has 1 aromatic rings. The lowest BCUT2D eigenvalue weighted by molar-refractivity contribution is 0.0923. The van der Waals surface area contributed by atoms with Crippen LogP contribution < -0.4 is 0 Å². The Morgan fingerprint density at radius 2 is 1.68 bits per heavy atom. The third kappa shape index (κ3) is 2.95. The second kappa shape index (κ2) is 5.70. The van der Waals surface area contributed by atoms with E-state index in [4.69, 9.17) is 0 Å². The van der Waals surface area contributed by atoms with Crippen molar-refractivity contribution in [3.63, 3.8) is 0 Å². The van der Waals surface area contributed by atoms with Crippen LogP contribution in [0.4, 0.5) is 0 Å². The molecule has 1 aromatic carbocycles. The Balaban J connectivity index is 1.63. The first-order chi connectivity index (χ1) is 9.33. The number of ketones is 1. The van der Waals surface area contributed by atoms with Crippen LogP contribution >= 0.6 is 0 Å². The molecule has 0 aromatic heterocycles. The third-order valence-corrected chi connectivity index (χ3v) is 4.26. The maximum atomic E-state index is 12.3. The molecule has 1 aliphatic heterocycles. The standard InChI is InChI=1S/C17H21NO/c19-17(15-5-1-2-6-15)16-9-7-14(8-10-16)13-18-11-3-4-12-18/h3-4,7-10,15H,1-2,5-6,11-13H2. The highest BCUT2D eigenvalue weighted by Crippen LogP contribution is 2.28. The quantitative estimate of drug-likeness (QED) is 0.607. The summed E-state index contributed by atoms with van der Waals surface area (Å²) < 4.78 is 0. The van der Waals surface area contributed by atoms with Crippen LogP contribution in [0.25, 0.3) is 0 Å². The Morgan fingerprint density at radius 3 is 2.32 bits per heavy atom. The van der Waals surface area contributed by atoms with Crippen molar-refractivity contribution in [2.75, 3.05) is 13.1 Å². The van der Waals surface area contributed by atoms with Gasteiger partial charge in [-0.3, -0.25) is 9.69 Å². The molecule has 0 saturated heterocycles. The summed E-state index contributed by atoms with van der Waals surface area (Å²) in [5.41, 5.74) is 2.20. The van der Waals surface area contributed by atoms with Crippen molar-refractivity contribution in [2.24, 2.45) is 5.92 Å². The number of carbonyl (C=O) groups excluding carboxylic acids is 1. The summed E-state index contributed by atoms with van der Waals surface area (Å²) >= 11 is 0. The SMILES string of the molecule is O=C(c1ccc(CN2CC=CC2)cc1)C1CCCC1. The van der Waals surface area contributed by atoms with Gasteiger partial charge in [0.05, 0.1) is 0 Å². The molecule has 0 radical (unpaired) electrons. The number of hydrogen-bond donors (Lipinski definition) is 0. The first-order valence-corrected chi connectivity index (χ1v) is 7.33. The average Bonchev–Trinajstić information content (AvgIpc) is 3.12. The molecule has 100 valence electrons. The minimum absolute atomic E-state index is 0.286. The number of Topliss-reactive ketones (excluding diaryl/α,β-unsaturated/α-hetero) is 1. The van der Waals surface area contributed by atoms with Crippen molar-refractivity contribution in [3.8, 4) is 0 Å². The van der Waals surface area contributed by atoms with Crippen LogP contribution in [0, 0.1) is 5.92 Å². The van der Waals surface area contributed by atoms with Gasteiger partial charge in [-0.2, -0.15) is 0 Å². The van der Waals surface area contributed by atoms with Crippen molar-refractivity contribution in [2.45, 2.75) is 32.2 Å². The van der Waals surface area contributed by atoms with E-state index in [1.807, 2.05) is 12.1 Å². The van der Waals surface area contributed by atoms with Crippen LogP contribution in [0.15, 0.2) is 36.4 Å². The van der Waals surface area contributed by atoms with E-state index in [9.17, 15) is 4.79 Å². The Labute approximate surface area is 115 Å². The molecule has 0 atom stereocenters. The van der Waals surface area contributed by atoms with Crippen molar-refractivity contribution in [1.82, 2.24) is 4.90 Å². The molecule has 0 unspecified atom stereocenters. The zero-order chi connectivity index (χ0) is 13.1. The molecule has 0 bridgehead atoms. The fourth-order valence-electron chi connectivity index (χ4n) is 3.11. The molecule has 0 spiro atoms. The number of benzene rings is 1. The van der Waals surface area contributed by atoms with Gasteiger partial charge in [0.15, 0.2) is 5.78 Å². The fraction of sp³-hybridized carbons (Fsp3) is 0.471. The molecule has 2 heteroatoms. The Bertz CT molecular complexity index is 461. The summed E-state index contributed by atoms with van der Waals surface area (Å²) in [6.07, 6.45) is 9.02. The first kappa shape index (κ1) is 12.6. The van der Waals surface area contributed by atoms with E-state index in [0.29, 0.717) is 5.78 Å². The minimum atomic E-state index is 0.286. The Kier molecular flexibility index (Phi) is 3.79. The zero-order valence-electron chi connectivity index (χ0n) is 11.3. The molecule has 2 aliphatic rings. The number of nitrogens with zero attached hydrogens (tertiary/aromatic N) is 1. The van der Waals surface area contributed by atoms with E-state index in [1.54, 1.807) is 0 Å². The van der Waals surface area contributed by atoms with Crippen molar-refractivity contribution >= 4 is 5.78 Å². The van der Waals surface area contributed by atoms with Crippen LogP contribution in [0.2, 0.25) is 0 Å². The highest BCUT2D eigenvalue weighted by Gasteiger charge is 2.23. The molecule has 1 aliphatic carbocycles. The predicted octanol–water partition coefficient (Wildman–Crippen LogP) is 3.43. The van der Waals surface area contributed by atoms with E-state index < -0.39 is 0 Å². The summed E-state index contributed by atoms with van der Waals surface area (Å²) in [4.78, 5) is 14.7. The molecular weight excluding hydrogens is 234 g/mol. The van der Waals surface area contributed by atoms with Gasteiger partial charge in [0.1, 0.15) is 0 Å². The van der Waals surface area contributed by atoms with Gasteiger partial charge in [0.25, 0.3) is 0 Å². The first-order valence-electron chi connectivity index (χ1n) is 7.33. The van der Waals surface area contributed by atoms with E-state index >= 15 is 0 Å². The highest BCUT2D eigenvalue weighted by atomic mass is 16.1. The number of rotatable bonds is 4. The van der Waals surface area contributed by atoms with E-state index in [2.05, 4.69) is 29.2 Å². The number of carbonyl (C=O) groups is 1. The van der Waals surface area contributed by atoms with E-state index in [1.165, 1.54) is 18.4 Å². The second-order valence-electron chi connectivity index (χ2n) is 5.71. The van der Waals surface area contributed by atoms with Gasteiger partial charge in [-0.15, -0.1) is 0 Å². The van der Waals surface area contributed by atoms with Gasteiger partial charge < -0.3 is 0 Å². The summed E-state index contributed by atoms with van der Waals surface area (Å²) in [5.74, 6) is 0.639. The lowest BCUT2D eigenvalue weighted by Gasteiger charge is -2.15. The summed E-state index contributed by atoms with van der Waals surface area (Å²) in [7, 11) is 0. The average molecular weight is 255 g/mol. The van der Waals surface area contributed by atoms with Crippen molar-refractivity contribution < 1.29 is 4.79 Å². The molecule has 2 nitrogen and oxygen atoms in total. The lowest BCUT2D eigenvalue weighted by Crippen LogP contribution is -2.19. The molecule has 1 saturated carbocycles. The zero-order valence-corrected chi connectivity index (χ0v) is 11.3. The van der Waals surface area contributed by atoms with E-state index in [0.717, 1.165) is 38.0 Å². The summed E-state index contributed by atoms with van der Waals surface area (Å²) in [5, 5.41) is 0. The van der Waals surface area contributed by atoms with Gasteiger partial charge in [-0.05, 0) is 18.4 Å². The maximum absolute atomic E-state index is 12.3. The monoisotopic (exact) mass is 255 g/mol. The van der Waals surface area contributed by atoms with Gasteiger partial charge in [0.2, 0.25) is 0 Å². The molecule has 1 heterocycles. The Morgan fingerprint density at radius 1 is 1.05 bits per heavy atom. The number of hydrogen-bond acceptors (Lipinski definition) is 2. The van der Waals surface area contributed by atoms with Crippen LogP contribution in [-0.2, 0) is 6.54 Å². The minimum Gasteiger partial charge on any atom is -0.294 e. The van der Waals surface area contributed by atoms with Crippen molar-refractivity contribution in [1.29, 1.82) is 0 Å². The van der Waals surface area contributed by atoms with Crippen LogP contribution in [0.1, 0.15) is 41.6 Å². The summed E-state index contributed by atoms with van der Waals surface area (Å²) in [6, 6.07) is 8.25. The fourth-order valence-corrected chi connectivity index (χ4v) is 3.11. The smallest absolute Gasteiger partial charge is 0.165 e. The molecular formula is C17H21NO. The topological polar surface area (TPSA) is 20.3 Å². The third-order valence-electron chi connectivity index (χ3n) is 4.26. The Hall–Kier alpha value is -1.41. The molecule has 1 fully saturated rings. The lowest BCUT2D eigenvalue weighted by atomic mass is 9.95. The normalized spacial score (nSPS) is 20.2. The predicted molar refractivity (Wildman–Crippen MR) is 77.1 cm³/mol. The molecule has 3 rings (SSSR count). The second-order valence-corrected chi connectivity index (χ2v) is 5.71. The van der Waals surface area contributed by atoms with Gasteiger partial charge in [-0.25, -0.2) is 0 Å².